The normalized spacial score (nSPS) is 14.1. The van der Waals surface area contributed by atoms with Crippen molar-refractivity contribution >= 4 is 54.9 Å². The Morgan fingerprint density at radius 3 is 1.63 bits per heavy atom. The molecule has 9 aromatic carbocycles. The van der Waals surface area contributed by atoms with Crippen molar-refractivity contribution in [2.45, 2.75) is 6.04 Å². The van der Waals surface area contributed by atoms with Crippen LogP contribution in [0.15, 0.2) is 217 Å². The standard InChI is InChI=1S/C54H37N3/c1-3-13-37(14-4-1)44-31-32-47(46-18-8-7-17-45(44)46)51-35-50(55-54(56-51)38-15-5-2-6-16-38)42-26-25-40-33-39(23-24-41(40)34-42)36-27-29-43(30-28-36)57-52-21-11-9-19-48(52)49-20-10-12-22-53(49)57/h1-35,51H,(H,55,56). The van der Waals surface area contributed by atoms with Crippen LogP contribution < -0.4 is 5.32 Å². The lowest BCUT2D eigenvalue weighted by molar-refractivity contribution is 0.787. The van der Waals surface area contributed by atoms with Gasteiger partial charge in [0.1, 0.15) is 5.84 Å². The molecule has 1 aromatic heterocycles. The summed E-state index contributed by atoms with van der Waals surface area (Å²) in [5.41, 5.74) is 12.8. The van der Waals surface area contributed by atoms with Gasteiger partial charge in [0.25, 0.3) is 0 Å². The van der Waals surface area contributed by atoms with Crippen LogP contribution in [0.5, 0.6) is 0 Å². The van der Waals surface area contributed by atoms with Crippen LogP contribution >= 0.6 is 0 Å². The number of rotatable bonds is 6. The zero-order valence-corrected chi connectivity index (χ0v) is 31.2. The second kappa shape index (κ2) is 13.7. The number of fused-ring (bicyclic) bond motifs is 5. The maximum atomic E-state index is 5.25. The Morgan fingerprint density at radius 2 is 0.947 bits per heavy atom. The third-order valence-corrected chi connectivity index (χ3v) is 11.4. The Hall–Kier alpha value is -7.49. The van der Waals surface area contributed by atoms with Crippen LogP contribution in [0.1, 0.15) is 22.7 Å². The molecule has 57 heavy (non-hydrogen) atoms. The molecule has 0 fully saturated rings. The molecule has 1 atom stereocenters. The summed E-state index contributed by atoms with van der Waals surface area (Å²) < 4.78 is 2.37. The molecule has 268 valence electrons. The summed E-state index contributed by atoms with van der Waals surface area (Å²) in [7, 11) is 0. The van der Waals surface area contributed by atoms with Crippen LogP contribution in [-0.4, -0.2) is 10.4 Å². The van der Waals surface area contributed by atoms with E-state index >= 15 is 0 Å². The van der Waals surface area contributed by atoms with E-state index in [0.29, 0.717) is 0 Å². The number of nitrogens with zero attached hydrogens (tertiary/aromatic N) is 2. The summed E-state index contributed by atoms with van der Waals surface area (Å²) in [6, 6.07) is 74.1. The highest BCUT2D eigenvalue weighted by Crippen LogP contribution is 2.38. The summed E-state index contributed by atoms with van der Waals surface area (Å²) in [6.07, 6.45) is 2.28. The Morgan fingerprint density at radius 1 is 0.404 bits per heavy atom. The van der Waals surface area contributed by atoms with Gasteiger partial charge in [-0.2, -0.15) is 0 Å². The van der Waals surface area contributed by atoms with Crippen molar-refractivity contribution < 1.29 is 0 Å². The van der Waals surface area contributed by atoms with Crippen LogP contribution in [0.25, 0.3) is 77.0 Å². The molecule has 0 radical (unpaired) electrons. The third-order valence-electron chi connectivity index (χ3n) is 11.4. The molecule has 3 nitrogen and oxygen atoms in total. The second-order valence-electron chi connectivity index (χ2n) is 14.8. The molecular formula is C54H37N3. The number of hydrogen-bond acceptors (Lipinski definition) is 2. The lowest BCUT2D eigenvalue weighted by atomic mass is 9.90. The summed E-state index contributed by atoms with van der Waals surface area (Å²) in [5, 5.41) is 11.2. The van der Waals surface area contributed by atoms with Crippen molar-refractivity contribution in [1.82, 2.24) is 9.88 Å². The SMILES string of the molecule is C1=C(c2ccc3cc(-c4ccc(-n5c6ccccc6c6ccccc65)cc4)ccc3c2)N=C(c2ccccc2)NC1c1ccc(-c2ccccc2)c2ccccc12. The monoisotopic (exact) mass is 727 g/mol. The molecule has 1 N–H and O–H groups in total. The average molecular weight is 728 g/mol. The van der Waals surface area contributed by atoms with Gasteiger partial charge >= 0.3 is 0 Å². The van der Waals surface area contributed by atoms with Gasteiger partial charge < -0.3 is 9.88 Å². The van der Waals surface area contributed by atoms with Crippen LogP contribution in [0.2, 0.25) is 0 Å². The first kappa shape index (κ1) is 32.9. The molecule has 2 heterocycles. The van der Waals surface area contributed by atoms with Gasteiger partial charge in [-0.1, -0.05) is 170 Å². The van der Waals surface area contributed by atoms with Crippen LogP contribution in [0.4, 0.5) is 0 Å². The van der Waals surface area contributed by atoms with Crippen molar-refractivity contribution in [1.29, 1.82) is 0 Å². The van der Waals surface area contributed by atoms with E-state index in [1.54, 1.807) is 0 Å². The molecule has 11 rings (SSSR count). The Bertz CT molecular complexity index is 3140. The summed E-state index contributed by atoms with van der Waals surface area (Å²) in [4.78, 5) is 5.25. The van der Waals surface area contributed by atoms with Gasteiger partial charge in [-0.05, 0) is 91.8 Å². The zero-order valence-electron chi connectivity index (χ0n) is 31.2. The van der Waals surface area contributed by atoms with E-state index in [-0.39, 0.29) is 6.04 Å². The zero-order chi connectivity index (χ0) is 37.7. The van der Waals surface area contributed by atoms with Crippen molar-refractivity contribution in [3.05, 3.63) is 229 Å². The Kier molecular flexibility index (Phi) is 7.89. The molecule has 1 aliphatic rings. The summed E-state index contributed by atoms with van der Waals surface area (Å²) in [6.45, 7) is 0. The first-order valence-electron chi connectivity index (χ1n) is 19.6. The highest BCUT2D eigenvalue weighted by atomic mass is 15.0. The average Bonchev–Trinajstić information content (AvgIpc) is 3.63. The first-order chi connectivity index (χ1) is 28.2. The predicted octanol–water partition coefficient (Wildman–Crippen LogP) is 13.6. The number of hydrogen-bond donors (Lipinski definition) is 1. The van der Waals surface area contributed by atoms with E-state index in [1.165, 1.54) is 71.2 Å². The lowest BCUT2D eigenvalue weighted by Gasteiger charge is -2.26. The fourth-order valence-corrected chi connectivity index (χ4v) is 8.66. The van der Waals surface area contributed by atoms with Gasteiger partial charge in [-0.3, -0.25) is 0 Å². The van der Waals surface area contributed by atoms with Crippen LogP contribution in [-0.2, 0) is 0 Å². The summed E-state index contributed by atoms with van der Waals surface area (Å²) in [5.74, 6) is 0.870. The minimum Gasteiger partial charge on any atom is -0.359 e. The highest BCUT2D eigenvalue weighted by Gasteiger charge is 2.22. The number of amidine groups is 1. The lowest BCUT2D eigenvalue weighted by Crippen LogP contribution is -2.31. The molecular weight excluding hydrogens is 691 g/mol. The molecule has 0 saturated heterocycles. The molecule has 0 bridgehead atoms. The quantitative estimate of drug-likeness (QED) is 0.182. The van der Waals surface area contributed by atoms with Gasteiger partial charge in [-0.25, -0.2) is 4.99 Å². The molecule has 10 aromatic rings. The molecule has 0 aliphatic carbocycles. The second-order valence-corrected chi connectivity index (χ2v) is 14.8. The number of nitrogens with one attached hydrogen (secondary N) is 1. The maximum Gasteiger partial charge on any atom is 0.134 e. The smallest absolute Gasteiger partial charge is 0.134 e. The Labute approximate surface area is 331 Å². The number of aromatic nitrogens is 1. The van der Waals surface area contributed by atoms with Crippen molar-refractivity contribution in [3.63, 3.8) is 0 Å². The maximum absolute atomic E-state index is 5.25. The van der Waals surface area contributed by atoms with Crippen LogP contribution in [0, 0.1) is 0 Å². The third kappa shape index (κ3) is 5.80. The van der Waals surface area contributed by atoms with E-state index in [1.807, 2.05) is 0 Å². The van der Waals surface area contributed by atoms with E-state index in [9.17, 15) is 0 Å². The number of benzene rings is 9. The first-order valence-corrected chi connectivity index (χ1v) is 19.6. The fraction of sp³-hybridized carbons (Fsp3) is 0.0185. The molecule has 0 amide bonds. The van der Waals surface area contributed by atoms with Crippen molar-refractivity contribution in [2.75, 3.05) is 0 Å². The molecule has 0 spiro atoms. The minimum absolute atomic E-state index is 0.0778. The minimum atomic E-state index is -0.0778. The molecule has 1 aliphatic heterocycles. The molecule has 1 unspecified atom stereocenters. The van der Waals surface area contributed by atoms with E-state index in [4.69, 9.17) is 4.99 Å². The van der Waals surface area contributed by atoms with Crippen molar-refractivity contribution in [3.8, 4) is 27.9 Å². The van der Waals surface area contributed by atoms with Crippen molar-refractivity contribution in [2.24, 2.45) is 4.99 Å². The van der Waals surface area contributed by atoms with E-state index in [0.717, 1.165) is 28.3 Å². The predicted molar refractivity (Wildman–Crippen MR) is 240 cm³/mol. The number of para-hydroxylation sites is 2. The topological polar surface area (TPSA) is 29.3 Å². The summed E-state index contributed by atoms with van der Waals surface area (Å²) >= 11 is 0. The van der Waals surface area contributed by atoms with Gasteiger partial charge in [0.15, 0.2) is 0 Å². The van der Waals surface area contributed by atoms with Gasteiger partial charge in [0.05, 0.1) is 22.8 Å². The van der Waals surface area contributed by atoms with E-state index < -0.39 is 0 Å². The Balaban J connectivity index is 0.951. The fourth-order valence-electron chi connectivity index (χ4n) is 8.66. The van der Waals surface area contributed by atoms with E-state index in [2.05, 4.69) is 222 Å². The van der Waals surface area contributed by atoms with Gasteiger partial charge in [0, 0.05) is 27.6 Å². The molecule has 3 heteroatoms. The largest absolute Gasteiger partial charge is 0.359 e. The molecule has 0 saturated carbocycles. The highest BCUT2D eigenvalue weighted by molar-refractivity contribution is 6.09. The van der Waals surface area contributed by atoms with Gasteiger partial charge in [0.2, 0.25) is 0 Å². The number of aliphatic imine (C=N–C) groups is 1. The van der Waals surface area contributed by atoms with Gasteiger partial charge in [-0.15, -0.1) is 0 Å². The van der Waals surface area contributed by atoms with Crippen LogP contribution in [0.3, 0.4) is 0 Å².